The summed E-state index contributed by atoms with van der Waals surface area (Å²) >= 11 is 0. The van der Waals surface area contributed by atoms with Crippen molar-refractivity contribution in [2.45, 2.75) is 44.2 Å². The van der Waals surface area contributed by atoms with E-state index in [0.29, 0.717) is 12.6 Å². The number of hydrogen-bond donors (Lipinski definition) is 1. The zero-order valence-electron chi connectivity index (χ0n) is 11.7. The Kier molecular flexibility index (Phi) is 4.04. The van der Waals surface area contributed by atoms with E-state index < -0.39 is 0 Å². The smallest absolute Gasteiger partial charge is 0.119 e. The minimum absolute atomic E-state index is 0.284. The Labute approximate surface area is 115 Å². The third-order valence-electron chi connectivity index (χ3n) is 4.25. The first-order valence-electron chi connectivity index (χ1n) is 7.41. The second kappa shape index (κ2) is 5.93. The summed E-state index contributed by atoms with van der Waals surface area (Å²) in [4.78, 5) is 0. The average Bonchev–Trinajstić information content (AvgIpc) is 2.88. The highest BCUT2D eigenvalue weighted by Gasteiger charge is 2.21. The molecule has 0 radical (unpaired) electrons. The van der Waals surface area contributed by atoms with E-state index in [9.17, 15) is 0 Å². The predicted molar refractivity (Wildman–Crippen MR) is 75.6 cm³/mol. The van der Waals surface area contributed by atoms with Crippen LogP contribution in [-0.4, -0.2) is 26.4 Å². The van der Waals surface area contributed by atoms with Crippen molar-refractivity contribution in [2.24, 2.45) is 0 Å². The first kappa shape index (κ1) is 12.9. The average molecular weight is 261 g/mol. The van der Waals surface area contributed by atoms with Gasteiger partial charge in [0.15, 0.2) is 0 Å². The van der Waals surface area contributed by atoms with Gasteiger partial charge in [-0.3, -0.25) is 0 Å². The van der Waals surface area contributed by atoms with E-state index in [0.717, 1.165) is 25.2 Å². The minimum Gasteiger partial charge on any atom is -0.491 e. The monoisotopic (exact) mass is 261 g/mol. The molecule has 19 heavy (non-hydrogen) atoms. The third-order valence-corrected chi connectivity index (χ3v) is 4.25. The van der Waals surface area contributed by atoms with Crippen LogP contribution in [0.5, 0.6) is 5.75 Å². The second-order valence-corrected chi connectivity index (χ2v) is 5.54. The van der Waals surface area contributed by atoms with Crippen LogP contribution in [0.25, 0.3) is 0 Å². The van der Waals surface area contributed by atoms with E-state index in [1.807, 2.05) is 7.05 Å². The number of fused-ring (bicyclic) bond motifs is 1. The highest BCUT2D eigenvalue weighted by atomic mass is 16.5. The predicted octanol–water partition coefficient (Wildman–Crippen LogP) is 2.84. The number of ether oxygens (including phenoxy) is 2. The molecule has 1 heterocycles. The fraction of sp³-hybridized carbons (Fsp3) is 0.625. The highest BCUT2D eigenvalue weighted by molar-refractivity contribution is 5.40. The number of aryl methyl sites for hydroxylation is 1. The Morgan fingerprint density at radius 3 is 3.05 bits per heavy atom. The van der Waals surface area contributed by atoms with E-state index in [4.69, 9.17) is 9.47 Å². The summed E-state index contributed by atoms with van der Waals surface area (Å²) in [5, 5.41) is 3.36. The number of benzene rings is 1. The summed E-state index contributed by atoms with van der Waals surface area (Å²) in [6, 6.07) is 7.03. The maximum absolute atomic E-state index is 5.89. The second-order valence-electron chi connectivity index (χ2n) is 5.54. The lowest BCUT2D eigenvalue weighted by molar-refractivity contribution is -0.0110. The summed E-state index contributed by atoms with van der Waals surface area (Å²) < 4.78 is 11.6. The van der Waals surface area contributed by atoms with E-state index in [-0.39, 0.29) is 6.10 Å². The first-order valence-corrected chi connectivity index (χ1v) is 7.41. The van der Waals surface area contributed by atoms with Gasteiger partial charge in [-0.15, -0.1) is 0 Å². The maximum Gasteiger partial charge on any atom is 0.119 e. The fourth-order valence-electron chi connectivity index (χ4n) is 3.11. The molecule has 0 saturated carbocycles. The van der Waals surface area contributed by atoms with Crippen molar-refractivity contribution >= 4 is 0 Å². The van der Waals surface area contributed by atoms with Gasteiger partial charge >= 0.3 is 0 Å². The molecule has 1 fully saturated rings. The standard InChI is InChI=1S/C16H23NO2/c1-17-16-8-5-12-10-13(6-7-15(12)16)19-11-14-4-2-3-9-18-14/h6-7,10,14,16-17H,2-5,8-9,11H2,1H3. The molecule has 2 aliphatic rings. The van der Waals surface area contributed by atoms with Crippen LogP contribution >= 0.6 is 0 Å². The Hall–Kier alpha value is -1.06. The molecule has 3 nitrogen and oxygen atoms in total. The number of nitrogens with one attached hydrogen (secondary N) is 1. The van der Waals surface area contributed by atoms with E-state index in [2.05, 4.69) is 23.5 Å². The van der Waals surface area contributed by atoms with E-state index >= 15 is 0 Å². The summed E-state index contributed by atoms with van der Waals surface area (Å²) in [5.41, 5.74) is 2.87. The van der Waals surface area contributed by atoms with Crippen LogP contribution in [0, 0.1) is 0 Å². The van der Waals surface area contributed by atoms with Gasteiger partial charge in [0.25, 0.3) is 0 Å². The molecule has 1 aliphatic carbocycles. The molecule has 2 unspecified atom stereocenters. The Balaban J connectivity index is 1.60. The van der Waals surface area contributed by atoms with Crippen molar-refractivity contribution < 1.29 is 9.47 Å². The number of hydrogen-bond acceptors (Lipinski definition) is 3. The molecule has 3 heteroatoms. The van der Waals surface area contributed by atoms with Gasteiger partial charge in [-0.1, -0.05) is 6.07 Å². The lowest BCUT2D eigenvalue weighted by Crippen LogP contribution is -2.25. The highest BCUT2D eigenvalue weighted by Crippen LogP contribution is 2.33. The molecule has 0 amide bonds. The van der Waals surface area contributed by atoms with Crippen molar-refractivity contribution in [3.63, 3.8) is 0 Å². The quantitative estimate of drug-likeness (QED) is 0.904. The fourth-order valence-corrected chi connectivity index (χ4v) is 3.11. The molecule has 104 valence electrons. The lowest BCUT2D eigenvalue weighted by Gasteiger charge is -2.22. The summed E-state index contributed by atoms with van der Waals surface area (Å²) in [6.07, 6.45) is 6.22. The van der Waals surface area contributed by atoms with Crippen molar-refractivity contribution in [3.8, 4) is 5.75 Å². The summed E-state index contributed by atoms with van der Waals surface area (Å²) in [5.74, 6) is 0.990. The van der Waals surface area contributed by atoms with E-state index in [1.165, 1.54) is 30.4 Å². The lowest BCUT2D eigenvalue weighted by atomic mass is 10.1. The molecular formula is C16H23NO2. The van der Waals surface area contributed by atoms with Crippen LogP contribution in [0.15, 0.2) is 18.2 Å². The van der Waals surface area contributed by atoms with Crippen molar-refractivity contribution in [1.82, 2.24) is 5.32 Å². The van der Waals surface area contributed by atoms with Crippen LogP contribution in [-0.2, 0) is 11.2 Å². The van der Waals surface area contributed by atoms with Crippen LogP contribution in [0.2, 0.25) is 0 Å². The number of rotatable bonds is 4. The molecule has 3 rings (SSSR count). The molecule has 1 aromatic carbocycles. The minimum atomic E-state index is 0.284. The van der Waals surface area contributed by atoms with Gasteiger partial charge in [0.05, 0.1) is 6.10 Å². The van der Waals surface area contributed by atoms with Gasteiger partial charge in [0, 0.05) is 12.6 Å². The van der Waals surface area contributed by atoms with Crippen molar-refractivity contribution in [2.75, 3.05) is 20.3 Å². The SMILES string of the molecule is CNC1CCc2cc(OCC3CCCCO3)ccc21. The molecule has 0 bridgehead atoms. The largest absolute Gasteiger partial charge is 0.491 e. The third kappa shape index (κ3) is 2.93. The zero-order chi connectivity index (χ0) is 13.1. The summed E-state index contributed by atoms with van der Waals surface area (Å²) in [6.45, 7) is 1.58. The van der Waals surface area contributed by atoms with Gasteiger partial charge in [0.1, 0.15) is 12.4 Å². The molecule has 1 aromatic rings. The normalized spacial score (nSPS) is 26.2. The topological polar surface area (TPSA) is 30.5 Å². The molecule has 1 aliphatic heterocycles. The molecule has 1 saturated heterocycles. The van der Waals surface area contributed by atoms with Crippen LogP contribution in [0.4, 0.5) is 0 Å². The molecule has 0 aromatic heterocycles. The maximum atomic E-state index is 5.89. The van der Waals surface area contributed by atoms with Gasteiger partial charge in [-0.25, -0.2) is 0 Å². The zero-order valence-corrected chi connectivity index (χ0v) is 11.7. The Morgan fingerprint density at radius 2 is 2.26 bits per heavy atom. The van der Waals surface area contributed by atoms with Gasteiger partial charge in [-0.2, -0.15) is 0 Å². The summed E-state index contributed by atoms with van der Waals surface area (Å²) in [7, 11) is 2.03. The molecule has 0 spiro atoms. The van der Waals surface area contributed by atoms with Gasteiger partial charge in [-0.05, 0) is 62.4 Å². The molecule has 1 N–H and O–H groups in total. The van der Waals surface area contributed by atoms with E-state index in [1.54, 1.807) is 0 Å². The van der Waals surface area contributed by atoms with Gasteiger partial charge < -0.3 is 14.8 Å². The Morgan fingerprint density at radius 1 is 1.32 bits per heavy atom. The van der Waals surface area contributed by atoms with Crippen LogP contribution < -0.4 is 10.1 Å². The van der Waals surface area contributed by atoms with Gasteiger partial charge in [0.2, 0.25) is 0 Å². The Bertz CT molecular complexity index is 427. The molecular weight excluding hydrogens is 238 g/mol. The van der Waals surface area contributed by atoms with Crippen molar-refractivity contribution in [3.05, 3.63) is 29.3 Å². The van der Waals surface area contributed by atoms with Crippen molar-refractivity contribution in [1.29, 1.82) is 0 Å². The van der Waals surface area contributed by atoms with Crippen LogP contribution in [0.1, 0.15) is 42.9 Å². The molecule has 2 atom stereocenters. The van der Waals surface area contributed by atoms with Crippen LogP contribution in [0.3, 0.4) is 0 Å². The first-order chi connectivity index (χ1) is 9.36.